The lowest BCUT2D eigenvalue weighted by atomic mass is 9.99. The largest absolute Gasteiger partial charge is 0.346 e. The van der Waals surface area contributed by atoms with Crippen molar-refractivity contribution in [2.45, 2.75) is 0 Å². The molecule has 0 unspecified atom stereocenters. The molecule has 0 bridgehead atoms. The zero-order chi connectivity index (χ0) is 22.2. The third-order valence-electron chi connectivity index (χ3n) is 5.56. The molecule has 2 N–H and O–H groups in total. The molecule has 0 radical (unpaired) electrons. The Morgan fingerprint density at radius 3 is 2.66 bits per heavy atom. The Balaban J connectivity index is 1.67. The van der Waals surface area contributed by atoms with Gasteiger partial charge in [-0.05, 0) is 41.3 Å². The van der Waals surface area contributed by atoms with Gasteiger partial charge in [-0.2, -0.15) is 0 Å². The standard InChI is InChI=1S/C26H20N4O2/c1-3-24(31)29-18-8-6-7-16(11-18)17-12-21-22(14-28-25(21)27-13-17)23-15-30(2)26(32)20-10-5-4-9-19(20)23/h3-15H,1H2,2H3,(H,27,28)(H,29,31). The second kappa shape index (κ2) is 7.67. The third-order valence-corrected chi connectivity index (χ3v) is 5.56. The molecule has 3 heterocycles. The number of aryl methyl sites for hydroxylation is 1. The van der Waals surface area contributed by atoms with Gasteiger partial charge < -0.3 is 14.9 Å². The fraction of sp³-hybridized carbons (Fsp3) is 0.0385. The van der Waals surface area contributed by atoms with Crippen molar-refractivity contribution in [3.63, 3.8) is 0 Å². The smallest absolute Gasteiger partial charge is 0.258 e. The number of H-pyrrole nitrogens is 1. The zero-order valence-electron chi connectivity index (χ0n) is 17.4. The van der Waals surface area contributed by atoms with Crippen LogP contribution in [0.5, 0.6) is 0 Å². The van der Waals surface area contributed by atoms with E-state index >= 15 is 0 Å². The number of aromatic amines is 1. The number of anilines is 1. The van der Waals surface area contributed by atoms with Crippen LogP contribution in [0.1, 0.15) is 0 Å². The van der Waals surface area contributed by atoms with Crippen molar-refractivity contribution < 1.29 is 4.79 Å². The van der Waals surface area contributed by atoms with Gasteiger partial charge in [0, 0.05) is 58.8 Å². The van der Waals surface area contributed by atoms with E-state index in [9.17, 15) is 9.59 Å². The van der Waals surface area contributed by atoms with Gasteiger partial charge in [0.1, 0.15) is 5.65 Å². The predicted molar refractivity (Wildman–Crippen MR) is 129 cm³/mol. The average molecular weight is 420 g/mol. The number of benzene rings is 2. The molecule has 0 aliphatic rings. The molecule has 32 heavy (non-hydrogen) atoms. The molecular weight excluding hydrogens is 400 g/mol. The number of pyridine rings is 2. The molecule has 3 aromatic heterocycles. The molecule has 5 rings (SSSR count). The van der Waals surface area contributed by atoms with Crippen LogP contribution < -0.4 is 10.9 Å². The fourth-order valence-electron chi connectivity index (χ4n) is 3.98. The summed E-state index contributed by atoms with van der Waals surface area (Å²) in [6, 6.07) is 17.3. The molecule has 0 aliphatic heterocycles. The molecule has 2 aromatic carbocycles. The summed E-state index contributed by atoms with van der Waals surface area (Å²) in [6.45, 7) is 3.49. The minimum atomic E-state index is -0.259. The van der Waals surface area contributed by atoms with E-state index in [2.05, 4.69) is 27.9 Å². The Morgan fingerprint density at radius 2 is 1.84 bits per heavy atom. The van der Waals surface area contributed by atoms with Crippen LogP contribution in [0.25, 0.3) is 44.1 Å². The van der Waals surface area contributed by atoms with Crippen molar-refractivity contribution in [1.82, 2.24) is 14.5 Å². The SMILES string of the molecule is C=CC(=O)Nc1cccc(-c2cnc3[nH]cc(-c4cn(C)c(=O)c5ccccc45)c3c2)c1. The van der Waals surface area contributed by atoms with Gasteiger partial charge in [0.2, 0.25) is 5.91 Å². The van der Waals surface area contributed by atoms with Gasteiger partial charge in [-0.1, -0.05) is 36.9 Å². The zero-order valence-corrected chi connectivity index (χ0v) is 17.4. The first kappa shape index (κ1) is 19.5. The van der Waals surface area contributed by atoms with Gasteiger partial charge in [-0.25, -0.2) is 4.98 Å². The van der Waals surface area contributed by atoms with Crippen LogP contribution in [0.2, 0.25) is 0 Å². The van der Waals surface area contributed by atoms with E-state index in [0.717, 1.165) is 38.7 Å². The summed E-state index contributed by atoms with van der Waals surface area (Å²) < 4.78 is 1.61. The number of rotatable bonds is 4. The summed E-state index contributed by atoms with van der Waals surface area (Å²) in [5.74, 6) is -0.259. The Kier molecular flexibility index (Phi) is 4.67. The van der Waals surface area contributed by atoms with Crippen LogP contribution in [-0.4, -0.2) is 20.4 Å². The molecule has 1 amide bonds. The number of amides is 1. The molecular formula is C26H20N4O2. The fourth-order valence-corrected chi connectivity index (χ4v) is 3.98. The number of carbonyl (C=O) groups is 1. The first-order valence-corrected chi connectivity index (χ1v) is 10.1. The summed E-state index contributed by atoms with van der Waals surface area (Å²) >= 11 is 0. The summed E-state index contributed by atoms with van der Waals surface area (Å²) in [5.41, 5.74) is 5.20. The van der Waals surface area contributed by atoms with Gasteiger partial charge >= 0.3 is 0 Å². The number of nitrogens with one attached hydrogen (secondary N) is 2. The number of carbonyl (C=O) groups excluding carboxylic acids is 1. The van der Waals surface area contributed by atoms with E-state index in [4.69, 9.17) is 0 Å². The molecule has 0 atom stereocenters. The maximum absolute atomic E-state index is 12.6. The van der Waals surface area contributed by atoms with Crippen LogP contribution in [-0.2, 0) is 11.8 Å². The molecule has 0 aliphatic carbocycles. The number of aromatic nitrogens is 3. The van der Waals surface area contributed by atoms with Gasteiger partial charge in [-0.3, -0.25) is 9.59 Å². The Morgan fingerprint density at radius 1 is 1.03 bits per heavy atom. The molecule has 6 heteroatoms. The Bertz CT molecular complexity index is 1580. The molecule has 0 saturated carbocycles. The minimum Gasteiger partial charge on any atom is -0.346 e. The third kappa shape index (κ3) is 3.28. The summed E-state index contributed by atoms with van der Waals surface area (Å²) in [7, 11) is 1.76. The Labute approximate surface area is 183 Å². The molecule has 0 saturated heterocycles. The van der Waals surface area contributed by atoms with Crippen LogP contribution >= 0.6 is 0 Å². The highest BCUT2D eigenvalue weighted by Gasteiger charge is 2.14. The van der Waals surface area contributed by atoms with Crippen molar-refractivity contribution in [1.29, 1.82) is 0 Å². The summed E-state index contributed by atoms with van der Waals surface area (Å²) in [4.78, 5) is 32.1. The number of hydrogen-bond acceptors (Lipinski definition) is 3. The molecule has 6 nitrogen and oxygen atoms in total. The van der Waals surface area contributed by atoms with Gasteiger partial charge in [-0.15, -0.1) is 0 Å². The molecule has 0 fully saturated rings. The van der Waals surface area contributed by atoms with E-state index in [1.807, 2.05) is 60.9 Å². The van der Waals surface area contributed by atoms with Crippen molar-refractivity contribution >= 4 is 33.4 Å². The first-order chi connectivity index (χ1) is 15.5. The lowest BCUT2D eigenvalue weighted by Gasteiger charge is -2.10. The van der Waals surface area contributed by atoms with Crippen molar-refractivity contribution in [3.8, 4) is 22.3 Å². The number of fused-ring (bicyclic) bond motifs is 2. The van der Waals surface area contributed by atoms with E-state index < -0.39 is 0 Å². The monoisotopic (exact) mass is 420 g/mol. The number of hydrogen-bond donors (Lipinski definition) is 2. The van der Waals surface area contributed by atoms with Crippen LogP contribution in [0, 0.1) is 0 Å². The predicted octanol–water partition coefficient (Wildman–Crippen LogP) is 4.87. The lowest BCUT2D eigenvalue weighted by Crippen LogP contribution is -2.16. The highest BCUT2D eigenvalue weighted by atomic mass is 16.1. The summed E-state index contributed by atoms with van der Waals surface area (Å²) in [5, 5.41) is 5.31. The molecule has 5 aromatic rings. The van der Waals surface area contributed by atoms with Crippen LogP contribution in [0.3, 0.4) is 0 Å². The summed E-state index contributed by atoms with van der Waals surface area (Å²) in [6.07, 6.45) is 6.83. The topological polar surface area (TPSA) is 79.8 Å². The Hall–Kier alpha value is -4.45. The average Bonchev–Trinajstić information content (AvgIpc) is 3.24. The maximum Gasteiger partial charge on any atom is 0.258 e. The van der Waals surface area contributed by atoms with E-state index in [-0.39, 0.29) is 11.5 Å². The van der Waals surface area contributed by atoms with Gasteiger partial charge in [0.05, 0.1) is 0 Å². The molecule has 156 valence electrons. The van der Waals surface area contributed by atoms with Crippen molar-refractivity contribution in [2.75, 3.05) is 5.32 Å². The molecule has 0 spiro atoms. The second-order valence-corrected chi connectivity index (χ2v) is 7.60. The van der Waals surface area contributed by atoms with Gasteiger partial charge in [0.25, 0.3) is 5.56 Å². The lowest BCUT2D eigenvalue weighted by molar-refractivity contribution is -0.111. The normalized spacial score (nSPS) is 11.0. The van der Waals surface area contributed by atoms with E-state index in [1.165, 1.54) is 6.08 Å². The maximum atomic E-state index is 12.6. The quantitative estimate of drug-likeness (QED) is 0.407. The van der Waals surface area contributed by atoms with E-state index in [0.29, 0.717) is 11.1 Å². The van der Waals surface area contributed by atoms with Crippen molar-refractivity contribution in [2.24, 2.45) is 7.05 Å². The highest BCUT2D eigenvalue weighted by Crippen LogP contribution is 2.34. The van der Waals surface area contributed by atoms with Crippen LogP contribution in [0.4, 0.5) is 5.69 Å². The van der Waals surface area contributed by atoms with E-state index in [1.54, 1.807) is 17.8 Å². The first-order valence-electron chi connectivity index (χ1n) is 10.1. The highest BCUT2D eigenvalue weighted by molar-refractivity contribution is 6.04. The van der Waals surface area contributed by atoms with Gasteiger partial charge in [0.15, 0.2) is 0 Å². The number of nitrogens with zero attached hydrogens (tertiary/aromatic N) is 2. The second-order valence-electron chi connectivity index (χ2n) is 7.60. The van der Waals surface area contributed by atoms with Crippen LogP contribution in [0.15, 0.2) is 90.6 Å². The van der Waals surface area contributed by atoms with Crippen molar-refractivity contribution in [3.05, 3.63) is 96.2 Å². The minimum absolute atomic E-state index is 0.0265.